The van der Waals surface area contributed by atoms with E-state index in [1.54, 1.807) is 36.3 Å². The highest BCUT2D eigenvalue weighted by Crippen LogP contribution is 2.29. The lowest BCUT2D eigenvalue weighted by Gasteiger charge is -2.17. The zero-order chi connectivity index (χ0) is 22.0. The molecule has 4 rings (SSSR count). The maximum Gasteiger partial charge on any atom is 0.471 e. The third-order valence-electron chi connectivity index (χ3n) is 4.72. The van der Waals surface area contributed by atoms with Crippen LogP contribution in [0.15, 0.2) is 47.1 Å². The van der Waals surface area contributed by atoms with E-state index < -0.39 is 12.1 Å². The number of methoxy groups -OCH3 is 1. The van der Waals surface area contributed by atoms with E-state index >= 15 is 0 Å². The Morgan fingerprint density at radius 1 is 1.19 bits per heavy atom. The molecule has 1 unspecified atom stereocenters. The molecule has 1 aliphatic heterocycles. The standard InChI is InChI=1S/C20H17F3N4O4/c1-29-14-5-2-12(3-6-14)18(28)27-9-8-15(11-27)30-16-7-4-13(10-24-16)17-25-19(31-26-17)20(21,22)23/h2-7,10,15H,8-9,11H2,1H3. The summed E-state index contributed by atoms with van der Waals surface area (Å²) in [7, 11) is 1.56. The van der Waals surface area contributed by atoms with Crippen LogP contribution in [-0.4, -0.2) is 52.2 Å². The Bertz CT molecular complexity index is 1050. The molecule has 1 aliphatic rings. The van der Waals surface area contributed by atoms with Crippen LogP contribution in [-0.2, 0) is 6.18 Å². The van der Waals surface area contributed by atoms with Gasteiger partial charge in [0.1, 0.15) is 11.9 Å². The molecular formula is C20H17F3N4O4. The number of amides is 1. The van der Waals surface area contributed by atoms with Crippen LogP contribution < -0.4 is 9.47 Å². The molecule has 1 amide bonds. The van der Waals surface area contributed by atoms with Crippen molar-refractivity contribution in [3.8, 4) is 23.0 Å². The molecule has 11 heteroatoms. The van der Waals surface area contributed by atoms with Crippen LogP contribution in [0.3, 0.4) is 0 Å². The summed E-state index contributed by atoms with van der Waals surface area (Å²) in [6.07, 6.45) is -3.03. The number of ether oxygens (including phenoxy) is 2. The summed E-state index contributed by atoms with van der Waals surface area (Å²) >= 11 is 0. The van der Waals surface area contributed by atoms with Crippen molar-refractivity contribution in [2.45, 2.75) is 18.7 Å². The second kappa shape index (κ2) is 8.25. The van der Waals surface area contributed by atoms with E-state index in [1.807, 2.05) is 0 Å². The van der Waals surface area contributed by atoms with Crippen LogP contribution >= 0.6 is 0 Å². The number of pyridine rings is 1. The van der Waals surface area contributed by atoms with Crippen LogP contribution in [0.2, 0.25) is 0 Å². The first kappa shape index (κ1) is 20.6. The molecule has 0 bridgehead atoms. The molecule has 3 aromatic rings. The van der Waals surface area contributed by atoms with Crippen molar-refractivity contribution in [2.24, 2.45) is 0 Å². The van der Waals surface area contributed by atoms with E-state index in [4.69, 9.17) is 9.47 Å². The molecule has 0 saturated carbocycles. The molecular weight excluding hydrogens is 417 g/mol. The van der Waals surface area contributed by atoms with Gasteiger partial charge in [-0.1, -0.05) is 5.16 Å². The van der Waals surface area contributed by atoms with Gasteiger partial charge in [-0.25, -0.2) is 4.98 Å². The van der Waals surface area contributed by atoms with Crippen LogP contribution in [0.1, 0.15) is 22.7 Å². The first-order chi connectivity index (χ1) is 14.8. The molecule has 0 spiro atoms. The SMILES string of the molecule is COc1ccc(C(=O)N2CCC(Oc3ccc(-c4noc(C(F)(F)F)n4)cn3)C2)cc1. The first-order valence-electron chi connectivity index (χ1n) is 9.31. The zero-order valence-corrected chi connectivity index (χ0v) is 16.3. The molecule has 3 heterocycles. The number of hydrogen-bond donors (Lipinski definition) is 0. The first-order valence-corrected chi connectivity index (χ1v) is 9.31. The number of likely N-dealkylation sites (tertiary alicyclic amines) is 1. The fourth-order valence-corrected chi connectivity index (χ4v) is 3.13. The van der Waals surface area contributed by atoms with E-state index in [1.165, 1.54) is 18.3 Å². The lowest BCUT2D eigenvalue weighted by molar-refractivity contribution is -0.159. The van der Waals surface area contributed by atoms with Gasteiger partial charge in [0.2, 0.25) is 11.7 Å². The van der Waals surface area contributed by atoms with Gasteiger partial charge < -0.3 is 18.9 Å². The summed E-state index contributed by atoms with van der Waals surface area (Å²) in [6.45, 7) is 0.935. The minimum absolute atomic E-state index is 0.102. The molecule has 2 aromatic heterocycles. The van der Waals surface area contributed by atoms with E-state index in [0.717, 1.165) is 0 Å². The minimum Gasteiger partial charge on any atom is -0.497 e. The van der Waals surface area contributed by atoms with Crippen LogP contribution in [0.4, 0.5) is 13.2 Å². The van der Waals surface area contributed by atoms with Crippen LogP contribution in [0, 0.1) is 0 Å². The fourth-order valence-electron chi connectivity index (χ4n) is 3.13. The molecule has 1 fully saturated rings. The number of carbonyl (C=O) groups excluding carboxylic acids is 1. The van der Waals surface area contributed by atoms with Crippen molar-refractivity contribution < 1.29 is 32.0 Å². The third kappa shape index (κ3) is 4.60. The van der Waals surface area contributed by atoms with Gasteiger partial charge in [0.25, 0.3) is 5.91 Å². The van der Waals surface area contributed by atoms with Crippen molar-refractivity contribution in [1.82, 2.24) is 20.0 Å². The summed E-state index contributed by atoms with van der Waals surface area (Å²) in [4.78, 5) is 21.7. The number of nitrogens with zero attached hydrogens (tertiary/aromatic N) is 4. The Morgan fingerprint density at radius 2 is 1.97 bits per heavy atom. The van der Waals surface area contributed by atoms with Gasteiger partial charge in [0.15, 0.2) is 0 Å². The number of benzene rings is 1. The highest BCUT2D eigenvalue weighted by molar-refractivity contribution is 5.94. The molecule has 1 aromatic carbocycles. The average molecular weight is 434 g/mol. The lowest BCUT2D eigenvalue weighted by Crippen LogP contribution is -2.31. The molecule has 1 atom stereocenters. The Labute approximate surface area is 174 Å². The van der Waals surface area contributed by atoms with Gasteiger partial charge in [-0.05, 0) is 30.3 Å². The van der Waals surface area contributed by atoms with E-state index in [9.17, 15) is 18.0 Å². The molecule has 8 nitrogen and oxygen atoms in total. The zero-order valence-electron chi connectivity index (χ0n) is 16.3. The molecule has 31 heavy (non-hydrogen) atoms. The van der Waals surface area contributed by atoms with E-state index in [0.29, 0.717) is 30.8 Å². The number of halogens is 3. The van der Waals surface area contributed by atoms with Gasteiger partial charge in [-0.3, -0.25) is 4.79 Å². The molecule has 0 aliphatic carbocycles. The number of hydrogen-bond acceptors (Lipinski definition) is 7. The van der Waals surface area contributed by atoms with Gasteiger partial charge >= 0.3 is 12.1 Å². The quantitative estimate of drug-likeness (QED) is 0.608. The highest BCUT2D eigenvalue weighted by atomic mass is 19.4. The summed E-state index contributed by atoms with van der Waals surface area (Å²) in [6, 6.07) is 9.86. The van der Waals surface area contributed by atoms with Crippen molar-refractivity contribution in [3.05, 3.63) is 54.0 Å². The fraction of sp³-hybridized carbons (Fsp3) is 0.300. The normalized spacial score (nSPS) is 16.4. The number of rotatable bonds is 5. The highest BCUT2D eigenvalue weighted by Gasteiger charge is 2.38. The Balaban J connectivity index is 1.35. The second-order valence-corrected chi connectivity index (χ2v) is 6.81. The van der Waals surface area contributed by atoms with Crippen LogP contribution in [0.5, 0.6) is 11.6 Å². The Hall–Kier alpha value is -3.63. The monoisotopic (exact) mass is 434 g/mol. The Morgan fingerprint density at radius 3 is 2.58 bits per heavy atom. The molecule has 0 radical (unpaired) electrons. The molecule has 1 saturated heterocycles. The summed E-state index contributed by atoms with van der Waals surface area (Å²) in [5.74, 6) is -0.787. The van der Waals surface area contributed by atoms with Gasteiger partial charge in [-0.15, -0.1) is 0 Å². The molecule has 0 N–H and O–H groups in total. The Kier molecular flexibility index (Phi) is 5.49. The maximum absolute atomic E-state index is 12.6. The number of aromatic nitrogens is 3. The minimum atomic E-state index is -4.71. The topological polar surface area (TPSA) is 90.6 Å². The van der Waals surface area contributed by atoms with Crippen LogP contribution in [0.25, 0.3) is 11.4 Å². The number of alkyl halides is 3. The molecule has 162 valence electrons. The van der Waals surface area contributed by atoms with Gasteiger partial charge in [0.05, 0.1) is 13.7 Å². The average Bonchev–Trinajstić information content (AvgIpc) is 3.44. The third-order valence-corrected chi connectivity index (χ3v) is 4.72. The van der Waals surface area contributed by atoms with Crippen molar-refractivity contribution >= 4 is 5.91 Å². The largest absolute Gasteiger partial charge is 0.497 e. The summed E-state index contributed by atoms with van der Waals surface area (Å²) < 4.78 is 52.8. The summed E-state index contributed by atoms with van der Waals surface area (Å²) in [5, 5.41) is 3.32. The second-order valence-electron chi connectivity index (χ2n) is 6.81. The number of carbonyl (C=O) groups is 1. The maximum atomic E-state index is 12.6. The van der Waals surface area contributed by atoms with E-state index in [-0.39, 0.29) is 29.3 Å². The van der Waals surface area contributed by atoms with Gasteiger partial charge in [0, 0.05) is 36.4 Å². The smallest absolute Gasteiger partial charge is 0.471 e. The van der Waals surface area contributed by atoms with E-state index in [2.05, 4.69) is 19.6 Å². The predicted octanol–water partition coefficient (Wildman–Crippen LogP) is 3.45. The van der Waals surface area contributed by atoms with Crippen molar-refractivity contribution in [2.75, 3.05) is 20.2 Å². The van der Waals surface area contributed by atoms with Crippen molar-refractivity contribution in [1.29, 1.82) is 0 Å². The van der Waals surface area contributed by atoms with Gasteiger partial charge in [-0.2, -0.15) is 18.2 Å². The predicted molar refractivity (Wildman–Crippen MR) is 100 cm³/mol. The van der Waals surface area contributed by atoms with Crippen molar-refractivity contribution in [3.63, 3.8) is 0 Å². The summed E-state index contributed by atoms with van der Waals surface area (Å²) in [5.41, 5.74) is 0.816. The lowest BCUT2D eigenvalue weighted by atomic mass is 10.2.